The minimum absolute atomic E-state index is 0.259. The van der Waals surface area contributed by atoms with Crippen LogP contribution in [0.1, 0.15) is 49.0 Å². The first-order valence-electron chi connectivity index (χ1n) is 20.0. The number of allylic oxidation sites excluding steroid dienone is 1. The Kier molecular flexibility index (Phi) is 12.2. The zero-order chi connectivity index (χ0) is 39.6. The molecule has 2 aromatic heterocycles. The second kappa shape index (κ2) is 16.9. The Morgan fingerprint density at radius 1 is 1.00 bits per heavy atom. The van der Waals surface area contributed by atoms with E-state index in [4.69, 9.17) is 35.5 Å². The van der Waals surface area contributed by atoms with Gasteiger partial charge in [0, 0.05) is 76.8 Å². The summed E-state index contributed by atoms with van der Waals surface area (Å²) < 4.78 is 25.7. The summed E-state index contributed by atoms with van der Waals surface area (Å²) in [7, 11) is 1.92. The van der Waals surface area contributed by atoms with Crippen molar-refractivity contribution in [2.45, 2.75) is 71.6 Å². The van der Waals surface area contributed by atoms with E-state index in [0.29, 0.717) is 31.3 Å². The van der Waals surface area contributed by atoms with Crippen molar-refractivity contribution in [2.24, 2.45) is 5.41 Å². The van der Waals surface area contributed by atoms with E-state index in [0.717, 1.165) is 91.3 Å². The summed E-state index contributed by atoms with van der Waals surface area (Å²) in [6, 6.07) is 19.7. The van der Waals surface area contributed by atoms with Crippen molar-refractivity contribution in [1.82, 2.24) is 14.5 Å². The third-order valence-corrected chi connectivity index (χ3v) is 13.5. The Labute approximate surface area is 338 Å². The van der Waals surface area contributed by atoms with Crippen LogP contribution in [-0.2, 0) is 20.9 Å². The Hall–Kier alpha value is -3.87. The highest BCUT2D eigenvalue weighted by atomic mass is 35.5. The number of hydrogen-bond acceptors (Lipinski definition) is 9. The summed E-state index contributed by atoms with van der Waals surface area (Å²) in [5, 5.41) is 1.74. The molecule has 1 fully saturated rings. The molecule has 1 unspecified atom stereocenters. The summed E-state index contributed by atoms with van der Waals surface area (Å²) in [6.45, 7) is 18.4. The zero-order valence-corrected chi connectivity index (χ0v) is 36.0. The third-order valence-electron chi connectivity index (χ3n) is 11.5. The van der Waals surface area contributed by atoms with Crippen molar-refractivity contribution >= 4 is 59.3 Å². The molecule has 0 bridgehead atoms. The van der Waals surface area contributed by atoms with Gasteiger partial charge in [0.25, 0.3) is 0 Å². The number of methoxy groups -OCH3 is 2. The lowest BCUT2D eigenvalue weighted by Crippen LogP contribution is -2.47. The van der Waals surface area contributed by atoms with Gasteiger partial charge >= 0.3 is 5.97 Å². The van der Waals surface area contributed by atoms with E-state index in [1.807, 2.05) is 35.0 Å². The van der Waals surface area contributed by atoms with Crippen LogP contribution in [-0.4, -0.2) is 101 Å². The van der Waals surface area contributed by atoms with E-state index in [1.165, 1.54) is 24.7 Å². The van der Waals surface area contributed by atoms with Gasteiger partial charge in [0.05, 0.1) is 24.9 Å². The van der Waals surface area contributed by atoms with Gasteiger partial charge in [0.15, 0.2) is 0 Å². The maximum Gasteiger partial charge on any atom is 0.339 e. The molecule has 0 radical (unpaired) electrons. The van der Waals surface area contributed by atoms with Gasteiger partial charge in [0.1, 0.15) is 30.8 Å². The fourth-order valence-electron chi connectivity index (χ4n) is 8.05. The number of benzene rings is 2. The number of nitrogens with zero attached hydrogens (tertiary/aromatic N) is 5. The molecule has 4 heterocycles. The lowest BCUT2D eigenvalue weighted by Gasteiger charge is -2.39. The predicted molar refractivity (Wildman–Crippen MR) is 230 cm³/mol. The van der Waals surface area contributed by atoms with Crippen LogP contribution in [0.2, 0.25) is 30.7 Å². The topological polar surface area (TPSA) is 81.5 Å². The van der Waals surface area contributed by atoms with E-state index in [9.17, 15) is 4.79 Å². The SMILES string of the molecule is COC(=O)c1ccc(N2CCN(CC3=C(c4ccc(Cl)cc4)CC(C)(C)CC3)CC2)cc1N1CC(OC)COc2nc3c(ccn3COCC[Si](C)(C)C)cc21. The number of piperazine rings is 1. The van der Waals surface area contributed by atoms with Crippen LogP contribution in [0.3, 0.4) is 0 Å². The second-order valence-corrected chi connectivity index (χ2v) is 23.6. The normalized spacial score (nSPS) is 19.2. The molecule has 1 atom stereocenters. The molecule has 12 heteroatoms. The molecule has 0 amide bonds. The van der Waals surface area contributed by atoms with E-state index in [1.54, 1.807) is 12.7 Å². The summed E-state index contributed by atoms with van der Waals surface area (Å²) in [6.07, 6.45) is 5.14. The molecule has 4 aromatic rings. The molecule has 7 rings (SSSR count). The first kappa shape index (κ1) is 40.3. The first-order chi connectivity index (χ1) is 26.8. The molecule has 300 valence electrons. The largest absolute Gasteiger partial charge is 0.473 e. The highest BCUT2D eigenvalue weighted by Crippen LogP contribution is 2.44. The lowest BCUT2D eigenvalue weighted by molar-refractivity contribution is 0.0599. The van der Waals surface area contributed by atoms with Crippen LogP contribution < -0.4 is 14.5 Å². The van der Waals surface area contributed by atoms with Crippen molar-refractivity contribution < 1.29 is 23.7 Å². The van der Waals surface area contributed by atoms with Crippen molar-refractivity contribution in [2.75, 3.05) is 76.5 Å². The highest BCUT2D eigenvalue weighted by molar-refractivity contribution is 6.76. The van der Waals surface area contributed by atoms with Gasteiger partial charge < -0.3 is 33.3 Å². The van der Waals surface area contributed by atoms with Crippen LogP contribution in [0.25, 0.3) is 16.6 Å². The first-order valence-corrected chi connectivity index (χ1v) is 24.1. The lowest BCUT2D eigenvalue weighted by atomic mass is 9.72. The van der Waals surface area contributed by atoms with Crippen molar-refractivity contribution in [3.8, 4) is 5.88 Å². The number of rotatable bonds is 12. The maximum atomic E-state index is 13.4. The molecule has 2 aliphatic heterocycles. The quantitative estimate of drug-likeness (QED) is 0.0792. The maximum absolute atomic E-state index is 13.4. The number of halogens is 1. The van der Waals surface area contributed by atoms with Crippen molar-refractivity contribution in [3.63, 3.8) is 0 Å². The number of carbonyl (C=O) groups excluding carboxylic acids is 1. The molecule has 1 aliphatic carbocycles. The standard InChI is InChI=1S/C44H58ClN5O5Si/c1-44(2)16-14-33(38(26-44)31-8-10-34(45)11-9-31)27-47-18-20-48(21-19-47)35-12-13-37(43(51)53-4)39(25-35)50-28-36(52-3)29-55-42-40(50)24-32-15-17-49(41(32)46-42)30-54-22-23-56(5,6)7/h8-13,15,17,24-25,36H,14,16,18-23,26-30H2,1-7H3. The smallest absolute Gasteiger partial charge is 0.339 e. The molecule has 3 aliphatic rings. The zero-order valence-electron chi connectivity index (χ0n) is 34.2. The van der Waals surface area contributed by atoms with Gasteiger partial charge in [0.2, 0.25) is 5.88 Å². The van der Waals surface area contributed by atoms with Crippen LogP contribution in [0.5, 0.6) is 5.88 Å². The Morgan fingerprint density at radius 2 is 1.77 bits per heavy atom. The molecule has 0 saturated carbocycles. The van der Waals surface area contributed by atoms with Gasteiger partial charge in [-0.15, -0.1) is 0 Å². The number of esters is 1. The minimum Gasteiger partial charge on any atom is -0.473 e. The van der Waals surface area contributed by atoms with Crippen LogP contribution in [0, 0.1) is 5.41 Å². The molecule has 10 nitrogen and oxygen atoms in total. The van der Waals surface area contributed by atoms with Crippen LogP contribution in [0.4, 0.5) is 17.1 Å². The van der Waals surface area contributed by atoms with Gasteiger partial charge in [-0.25, -0.2) is 4.79 Å². The molecule has 56 heavy (non-hydrogen) atoms. The number of ether oxygens (including phenoxy) is 4. The third kappa shape index (κ3) is 9.29. The number of aromatic nitrogens is 2. The summed E-state index contributed by atoms with van der Waals surface area (Å²) >= 11 is 6.27. The number of pyridine rings is 1. The van der Waals surface area contributed by atoms with E-state index < -0.39 is 14.0 Å². The number of hydrogen-bond donors (Lipinski definition) is 0. The van der Waals surface area contributed by atoms with Crippen LogP contribution >= 0.6 is 11.6 Å². The Balaban J connectivity index is 1.14. The van der Waals surface area contributed by atoms with Crippen molar-refractivity contribution in [3.05, 3.63) is 82.5 Å². The minimum atomic E-state index is -1.20. The molecular weight excluding hydrogens is 742 g/mol. The van der Waals surface area contributed by atoms with E-state index in [2.05, 4.69) is 78.5 Å². The molecule has 0 spiro atoms. The second-order valence-electron chi connectivity index (χ2n) is 17.5. The van der Waals surface area contributed by atoms with Crippen molar-refractivity contribution in [1.29, 1.82) is 0 Å². The monoisotopic (exact) mass is 799 g/mol. The van der Waals surface area contributed by atoms with E-state index >= 15 is 0 Å². The molecule has 2 aromatic carbocycles. The number of fused-ring (bicyclic) bond motifs is 2. The van der Waals surface area contributed by atoms with E-state index in [-0.39, 0.29) is 11.5 Å². The number of anilines is 3. The summed E-state index contributed by atoms with van der Waals surface area (Å²) in [5.41, 5.74) is 8.45. The fraction of sp³-hybridized carbons (Fsp3) is 0.500. The molecular formula is C44H58ClN5O5Si. The number of carbonyl (C=O) groups is 1. The van der Waals surface area contributed by atoms with Gasteiger partial charge in [-0.05, 0) is 84.3 Å². The predicted octanol–water partition coefficient (Wildman–Crippen LogP) is 9.12. The molecule has 1 saturated heterocycles. The van der Waals surface area contributed by atoms with Gasteiger partial charge in [-0.3, -0.25) is 4.90 Å². The fourth-order valence-corrected chi connectivity index (χ4v) is 8.93. The van der Waals surface area contributed by atoms with Gasteiger partial charge in [-0.2, -0.15) is 4.98 Å². The van der Waals surface area contributed by atoms with Crippen LogP contribution in [0.15, 0.2) is 66.4 Å². The summed E-state index contributed by atoms with van der Waals surface area (Å²) in [4.78, 5) is 25.5. The highest BCUT2D eigenvalue weighted by Gasteiger charge is 2.32. The summed E-state index contributed by atoms with van der Waals surface area (Å²) in [5.74, 6) is 0.0976. The Bertz CT molecular complexity index is 2050. The van der Waals surface area contributed by atoms with Gasteiger partial charge in [-0.1, -0.05) is 62.8 Å². The average molecular weight is 801 g/mol. The average Bonchev–Trinajstić information content (AvgIpc) is 3.48. The molecule has 0 N–H and O–H groups in total. The Morgan fingerprint density at radius 3 is 2.48 bits per heavy atom.